The molecule has 5 nitrogen and oxygen atoms in total. The molecule has 0 aromatic heterocycles. The molecule has 0 saturated carbocycles. The summed E-state index contributed by atoms with van der Waals surface area (Å²) in [6.07, 6.45) is 0.737. The number of carboxylic acid groups (broad SMARTS) is 1. The first-order chi connectivity index (χ1) is 7.67. The van der Waals surface area contributed by atoms with Gasteiger partial charge in [-0.2, -0.15) is 0 Å². The van der Waals surface area contributed by atoms with Gasteiger partial charge in [-0.3, -0.25) is 4.79 Å². The standard InChI is InChI=1S/C11H13N3O2/c1-2-8-3-5-9(6-4-8)10(13-14-12)7-11(15)16/h3-6,10H,2,7H2,1H3,(H,15,16). The molecule has 0 saturated heterocycles. The van der Waals surface area contributed by atoms with Crippen molar-refractivity contribution in [3.8, 4) is 0 Å². The quantitative estimate of drug-likeness (QED) is 0.468. The Labute approximate surface area is 93.3 Å². The lowest BCUT2D eigenvalue weighted by molar-refractivity contribution is -0.137. The summed E-state index contributed by atoms with van der Waals surface area (Å²) in [7, 11) is 0. The number of benzene rings is 1. The van der Waals surface area contributed by atoms with Crippen LogP contribution in [0.15, 0.2) is 29.4 Å². The molecule has 0 radical (unpaired) electrons. The monoisotopic (exact) mass is 219 g/mol. The third kappa shape index (κ3) is 3.29. The number of rotatable bonds is 5. The molecule has 0 bridgehead atoms. The highest BCUT2D eigenvalue weighted by atomic mass is 16.4. The second-order valence-electron chi connectivity index (χ2n) is 3.41. The topological polar surface area (TPSA) is 86.1 Å². The Bertz CT molecular complexity index is 408. The minimum absolute atomic E-state index is 0.185. The molecule has 1 N–H and O–H groups in total. The average molecular weight is 219 g/mol. The van der Waals surface area contributed by atoms with E-state index in [-0.39, 0.29) is 6.42 Å². The van der Waals surface area contributed by atoms with Crippen molar-refractivity contribution in [3.63, 3.8) is 0 Å². The summed E-state index contributed by atoms with van der Waals surface area (Å²) in [6.45, 7) is 2.04. The lowest BCUT2D eigenvalue weighted by Crippen LogP contribution is -2.03. The van der Waals surface area contributed by atoms with E-state index in [0.717, 1.165) is 12.0 Å². The van der Waals surface area contributed by atoms with Gasteiger partial charge in [0.05, 0.1) is 12.5 Å². The molecule has 0 spiro atoms. The normalized spacial score (nSPS) is 11.6. The van der Waals surface area contributed by atoms with Crippen LogP contribution in [0.1, 0.15) is 30.5 Å². The van der Waals surface area contributed by atoms with Gasteiger partial charge in [-0.15, -0.1) is 0 Å². The zero-order chi connectivity index (χ0) is 12.0. The Morgan fingerprint density at radius 2 is 2.12 bits per heavy atom. The molecule has 5 heteroatoms. The maximum Gasteiger partial charge on any atom is 0.304 e. The third-order valence-corrected chi connectivity index (χ3v) is 2.33. The maximum atomic E-state index is 10.6. The van der Waals surface area contributed by atoms with E-state index in [0.29, 0.717) is 0 Å². The van der Waals surface area contributed by atoms with Gasteiger partial charge >= 0.3 is 5.97 Å². The lowest BCUT2D eigenvalue weighted by Gasteiger charge is -2.09. The van der Waals surface area contributed by atoms with Gasteiger partial charge in [0.15, 0.2) is 0 Å². The van der Waals surface area contributed by atoms with Crippen LogP contribution in [-0.2, 0) is 11.2 Å². The minimum Gasteiger partial charge on any atom is -0.481 e. The molecule has 1 unspecified atom stereocenters. The van der Waals surface area contributed by atoms with Crippen molar-refractivity contribution in [1.29, 1.82) is 0 Å². The molecular formula is C11H13N3O2. The molecule has 1 aromatic carbocycles. The Hall–Kier alpha value is -2.00. The largest absolute Gasteiger partial charge is 0.481 e. The van der Waals surface area contributed by atoms with Crippen LogP contribution in [0.25, 0.3) is 10.4 Å². The minimum atomic E-state index is -0.975. The molecule has 1 rings (SSSR count). The van der Waals surface area contributed by atoms with Crippen LogP contribution in [0, 0.1) is 0 Å². The van der Waals surface area contributed by atoms with E-state index in [2.05, 4.69) is 10.0 Å². The fraction of sp³-hybridized carbons (Fsp3) is 0.364. The summed E-state index contributed by atoms with van der Waals surface area (Å²) in [5.41, 5.74) is 10.3. The number of aliphatic carboxylic acids is 1. The molecule has 0 fully saturated rings. The van der Waals surface area contributed by atoms with Crippen LogP contribution in [0.3, 0.4) is 0 Å². The Morgan fingerprint density at radius 1 is 1.50 bits per heavy atom. The first-order valence-electron chi connectivity index (χ1n) is 5.02. The molecule has 0 amide bonds. The van der Waals surface area contributed by atoms with E-state index in [4.69, 9.17) is 10.6 Å². The van der Waals surface area contributed by atoms with Gasteiger partial charge in [-0.05, 0) is 23.1 Å². The highest BCUT2D eigenvalue weighted by molar-refractivity contribution is 5.68. The van der Waals surface area contributed by atoms with Crippen LogP contribution in [0.2, 0.25) is 0 Å². The van der Waals surface area contributed by atoms with Gasteiger partial charge in [0.2, 0.25) is 0 Å². The highest BCUT2D eigenvalue weighted by Gasteiger charge is 2.13. The Kier molecular flexibility index (Phi) is 4.36. The summed E-state index contributed by atoms with van der Waals surface area (Å²) < 4.78 is 0. The third-order valence-electron chi connectivity index (χ3n) is 2.33. The van der Waals surface area contributed by atoms with E-state index in [1.807, 2.05) is 19.1 Å². The van der Waals surface area contributed by atoms with Crippen LogP contribution in [-0.4, -0.2) is 11.1 Å². The predicted octanol–water partition coefficient (Wildman–Crippen LogP) is 3.08. The van der Waals surface area contributed by atoms with E-state index in [1.165, 1.54) is 5.56 Å². The molecule has 0 heterocycles. The Balaban J connectivity index is 2.91. The number of aryl methyl sites for hydroxylation is 1. The summed E-state index contributed by atoms with van der Waals surface area (Å²) in [5.74, 6) is -0.975. The smallest absolute Gasteiger partial charge is 0.304 e. The molecule has 0 aliphatic carbocycles. The molecular weight excluding hydrogens is 206 g/mol. The van der Waals surface area contributed by atoms with Gasteiger partial charge in [0.1, 0.15) is 0 Å². The number of azide groups is 1. The first-order valence-corrected chi connectivity index (χ1v) is 5.02. The van der Waals surface area contributed by atoms with Gasteiger partial charge in [0, 0.05) is 4.91 Å². The van der Waals surface area contributed by atoms with Gasteiger partial charge in [0.25, 0.3) is 0 Å². The van der Waals surface area contributed by atoms with Crippen molar-refractivity contribution in [2.45, 2.75) is 25.8 Å². The zero-order valence-electron chi connectivity index (χ0n) is 9.00. The van der Waals surface area contributed by atoms with E-state index in [9.17, 15) is 4.79 Å². The van der Waals surface area contributed by atoms with E-state index < -0.39 is 12.0 Å². The zero-order valence-corrected chi connectivity index (χ0v) is 9.00. The van der Waals surface area contributed by atoms with Crippen LogP contribution < -0.4 is 0 Å². The average Bonchev–Trinajstić information content (AvgIpc) is 2.28. The number of hydrogen-bond acceptors (Lipinski definition) is 2. The van der Waals surface area contributed by atoms with Crippen molar-refractivity contribution in [3.05, 3.63) is 45.8 Å². The second-order valence-corrected chi connectivity index (χ2v) is 3.41. The van der Waals surface area contributed by atoms with Crippen molar-refractivity contribution in [2.24, 2.45) is 5.11 Å². The number of carbonyl (C=O) groups is 1. The molecule has 1 atom stereocenters. The highest BCUT2D eigenvalue weighted by Crippen LogP contribution is 2.22. The second kappa shape index (κ2) is 5.78. The number of hydrogen-bond donors (Lipinski definition) is 1. The maximum absolute atomic E-state index is 10.6. The van der Waals surface area contributed by atoms with Crippen molar-refractivity contribution in [1.82, 2.24) is 0 Å². The van der Waals surface area contributed by atoms with Crippen LogP contribution in [0.4, 0.5) is 0 Å². The van der Waals surface area contributed by atoms with Crippen LogP contribution >= 0.6 is 0 Å². The number of nitrogens with zero attached hydrogens (tertiary/aromatic N) is 3. The van der Waals surface area contributed by atoms with Crippen molar-refractivity contribution < 1.29 is 9.90 Å². The Morgan fingerprint density at radius 3 is 2.56 bits per heavy atom. The van der Waals surface area contributed by atoms with Gasteiger partial charge in [-0.25, -0.2) is 0 Å². The molecule has 0 aliphatic rings. The van der Waals surface area contributed by atoms with E-state index >= 15 is 0 Å². The lowest BCUT2D eigenvalue weighted by atomic mass is 10.0. The molecule has 84 valence electrons. The van der Waals surface area contributed by atoms with Gasteiger partial charge in [-0.1, -0.05) is 36.3 Å². The van der Waals surface area contributed by atoms with Crippen molar-refractivity contribution >= 4 is 5.97 Å². The predicted molar refractivity (Wildman–Crippen MR) is 60.0 cm³/mol. The molecule has 1 aromatic rings. The van der Waals surface area contributed by atoms with Gasteiger partial charge < -0.3 is 5.11 Å². The summed E-state index contributed by atoms with van der Waals surface area (Å²) in [5, 5.41) is 12.2. The fourth-order valence-corrected chi connectivity index (χ4v) is 1.43. The number of carboxylic acids is 1. The molecule has 16 heavy (non-hydrogen) atoms. The van der Waals surface area contributed by atoms with Crippen LogP contribution in [0.5, 0.6) is 0 Å². The van der Waals surface area contributed by atoms with E-state index in [1.54, 1.807) is 12.1 Å². The molecule has 0 aliphatic heterocycles. The summed E-state index contributed by atoms with van der Waals surface area (Å²) in [6, 6.07) is 6.81. The fourth-order valence-electron chi connectivity index (χ4n) is 1.43. The SMILES string of the molecule is CCc1ccc(C(CC(=O)O)N=[N+]=[N-])cc1. The van der Waals surface area contributed by atoms with Crippen molar-refractivity contribution in [2.75, 3.05) is 0 Å². The first kappa shape index (κ1) is 12.1. The summed E-state index contributed by atoms with van der Waals surface area (Å²) >= 11 is 0. The summed E-state index contributed by atoms with van der Waals surface area (Å²) in [4.78, 5) is 13.3.